The molecule has 1 aromatic rings. The van der Waals surface area contributed by atoms with Crippen LogP contribution >= 0.6 is 11.8 Å². The van der Waals surface area contributed by atoms with Crippen molar-refractivity contribution in [2.24, 2.45) is 0 Å². The fourth-order valence-corrected chi connectivity index (χ4v) is 1.52. The first kappa shape index (κ1) is 13.4. The van der Waals surface area contributed by atoms with Crippen molar-refractivity contribution in [2.75, 3.05) is 5.75 Å². The molecule has 88 valence electrons. The van der Waals surface area contributed by atoms with E-state index in [0.717, 1.165) is 0 Å². The molecule has 0 aromatic carbocycles. The van der Waals surface area contributed by atoms with Gasteiger partial charge in [0.2, 0.25) is 5.95 Å². The van der Waals surface area contributed by atoms with E-state index in [0.29, 0.717) is 24.0 Å². The van der Waals surface area contributed by atoms with Crippen LogP contribution < -0.4 is 0 Å². The van der Waals surface area contributed by atoms with Crippen LogP contribution in [0.1, 0.15) is 29.3 Å². The topological polar surface area (TPSA) is 47.0 Å². The van der Waals surface area contributed by atoms with Gasteiger partial charge in [-0.05, 0) is 6.07 Å². The Kier molecular flexibility index (Phi) is 5.37. The highest BCUT2D eigenvalue weighted by molar-refractivity contribution is 8.13. The van der Waals surface area contributed by atoms with E-state index in [4.69, 9.17) is 0 Å². The van der Waals surface area contributed by atoms with Gasteiger partial charge in [-0.2, -0.15) is 4.39 Å². The molecule has 1 rings (SSSR count). The Morgan fingerprint density at radius 1 is 1.65 bits per heavy atom. The van der Waals surface area contributed by atoms with Crippen molar-refractivity contribution >= 4 is 23.2 Å². The van der Waals surface area contributed by atoms with Gasteiger partial charge in [-0.25, -0.2) is 4.98 Å². The highest BCUT2D eigenvalue weighted by atomic mass is 32.2. The maximum Gasteiger partial charge on any atom is 0.223 e. The number of rotatable bonds is 3. The number of nitrogens with zero attached hydrogens (tertiary/aromatic N) is 1. The Morgan fingerprint density at radius 2 is 2.41 bits per heavy atom. The molecule has 0 aliphatic heterocycles. The van der Waals surface area contributed by atoms with E-state index in [-0.39, 0.29) is 10.7 Å². The standard InChI is InChI=1S/C12H10FNO2S/c1-9(16)17-5-3-2-4-10-6-11(8-15)12(13)14-7-10/h6-8H,3,5H2,1H3. The summed E-state index contributed by atoms with van der Waals surface area (Å²) >= 11 is 1.20. The smallest absolute Gasteiger partial charge is 0.223 e. The van der Waals surface area contributed by atoms with Crippen molar-refractivity contribution in [3.63, 3.8) is 0 Å². The van der Waals surface area contributed by atoms with Gasteiger partial charge >= 0.3 is 0 Å². The monoisotopic (exact) mass is 251 g/mol. The van der Waals surface area contributed by atoms with Crippen molar-refractivity contribution in [1.29, 1.82) is 0 Å². The lowest BCUT2D eigenvalue weighted by atomic mass is 10.2. The maximum atomic E-state index is 12.9. The molecule has 0 aliphatic rings. The first-order valence-corrected chi connectivity index (χ1v) is 5.85. The van der Waals surface area contributed by atoms with Crippen molar-refractivity contribution in [3.05, 3.63) is 29.3 Å². The Morgan fingerprint density at radius 3 is 3.06 bits per heavy atom. The van der Waals surface area contributed by atoms with Crippen LogP contribution in [0.2, 0.25) is 0 Å². The van der Waals surface area contributed by atoms with Crippen LogP contribution in [0.4, 0.5) is 4.39 Å². The van der Waals surface area contributed by atoms with E-state index < -0.39 is 5.95 Å². The van der Waals surface area contributed by atoms with Gasteiger partial charge in [0.05, 0.1) is 5.56 Å². The molecule has 3 nitrogen and oxygen atoms in total. The summed E-state index contributed by atoms with van der Waals surface area (Å²) in [6.07, 6.45) is 2.23. The Labute approximate surface area is 103 Å². The fourth-order valence-electron chi connectivity index (χ4n) is 1.03. The number of aldehydes is 1. The van der Waals surface area contributed by atoms with Gasteiger partial charge in [0.25, 0.3) is 0 Å². The summed E-state index contributed by atoms with van der Waals surface area (Å²) in [6.45, 7) is 1.50. The quantitative estimate of drug-likeness (QED) is 0.357. The highest BCUT2D eigenvalue weighted by Gasteiger charge is 2.01. The number of carbonyl (C=O) groups is 2. The van der Waals surface area contributed by atoms with Gasteiger partial charge in [0.15, 0.2) is 11.4 Å². The second kappa shape index (κ2) is 6.81. The van der Waals surface area contributed by atoms with E-state index in [1.54, 1.807) is 0 Å². The van der Waals surface area contributed by atoms with Crippen molar-refractivity contribution < 1.29 is 14.0 Å². The lowest BCUT2D eigenvalue weighted by molar-refractivity contribution is -0.109. The molecule has 1 aromatic heterocycles. The summed E-state index contributed by atoms with van der Waals surface area (Å²) in [4.78, 5) is 24.5. The zero-order chi connectivity index (χ0) is 12.7. The Hall–Kier alpha value is -1.67. The van der Waals surface area contributed by atoms with Crippen LogP contribution in [0.15, 0.2) is 12.3 Å². The molecular formula is C12H10FNO2S. The van der Waals surface area contributed by atoms with Crippen LogP contribution in [0, 0.1) is 17.8 Å². The number of halogens is 1. The van der Waals surface area contributed by atoms with Crippen LogP contribution in [-0.4, -0.2) is 22.1 Å². The zero-order valence-electron chi connectivity index (χ0n) is 9.20. The molecule has 1 heterocycles. The molecule has 0 radical (unpaired) electrons. The second-order valence-electron chi connectivity index (χ2n) is 3.11. The Bertz CT molecular complexity index is 491. The minimum absolute atomic E-state index is 0.0542. The summed E-state index contributed by atoms with van der Waals surface area (Å²) in [5.74, 6) is 5.41. The third kappa shape index (κ3) is 4.79. The van der Waals surface area contributed by atoms with E-state index in [1.807, 2.05) is 0 Å². The van der Waals surface area contributed by atoms with Gasteiger partial charge in [-0.1, -0.05) is 23.6 Å². The summed E-state index contributed by atoms with van der Waals surface area (Å²) in [7, 11) is 0. The molecule has 0 spiro atoms. The van der Waals surface area contributed by atoms with Crippen LogP contribution in [-0.2, 0) is 4.79 Å². The predicted octanol–water partition coefficient (Wildman–Crippen LogP) is 2.05. The fraction of sp³-hybridized carbons (Fsp3) is 0.250. The molecule has 0 fully saturated rings. The predicted molar refractivity (Wildman–Crippen MR) is 64.2 cm³/mol. The van der Waals surface area contributed by atoms with Crippen LogP contribution in [0.5, 0.6) is 0 Å². The summed E-state index contributed by atoms with van der Waals surface area (Å²) < 4.78 is 12.9. The Balaban J connectivity index is 2.60. The van der Waals surface area contributed by atoms with E-state index in [2.05, 4.69) is 16.8 Å². The normalized spacial score (nSPS) is 9.29. The molecule has 0 N–H and O–H groups in total. The third-order valence-corrected chi connectivity index (χ3v) is 2.57. The maximum absolute atomic E-state index is 12.9. The lowest BCUT2D eigenvalue weighted by Gasteiger charge is -1.94. The molecule has 0 saturated carbocycles. The summed E-state index contributed by atoms with van der Waals surface area (Å²) in [5, 5.41) is 0.0542. The molecule has 0 atom stereocenters. The number of aromatic nitrogens is 1. The van der Waals surface area contributed by atoms with Gasteiger partial charge in [0, 0.05) is 30.9 Å². The number of hydrogen-bond acceptors (Lipinski definition) is 4. The SMILES string of the molecule is CC(=O)SCCC#Cc1cnc(F)c(C=O)c1. The largest absolute Gasteiger partial charge is 0.298 e. The summed E-state index contributed by atoms with van der Waals surface area (Å²) in [6, 6.07) is 1.35. The van der Waals surface area contributed by atoms with E-state index in [9.17, 15) is 14.0 Å². The number of carbonyl (C=O) groups excluding carboxylic acids is 2. The molecule has 0 bridgehead atoms. The molecule has 0 saturated heterocycles. The minimum atomic E-state index is -0.794. The number of pyridine rings is 1. The highest BCUT2D eigenvalue weighted by Crippen LogP contribution is 2.05. The van der Waals surface area contributed by atoms with Gasteiger partial charge in [-0.3, -0.25) is 9.59 Å². The lowest BCUT2D eigenvalue weighted by Crippen LogP contribution is -1.93. The average molecular weight is 251 g/mol. The summed E-state index contributed by atoms with van der Waals surface area (Å²) in [5.41, 5.74) is 0.385. The average Bonchev–Trinajstić information content (AvgIpc) is 2.30. The van der Waals surface area contributed by atoms with Crippen molar-refractivity contribution in [2.45, 2.75) is 13.3 Å². The molecule has 0 amide bonds. The zero-order valence-corrected chi connectivity index (χ0v) is 10.0. The first-order chi connectivity index (χ1) is 8.13. The van der Waals surface area contributed by atoms with E-state index in [1.165, 1.54) is 30.9 Å². The van der Waals surface area contributed by atoms with Gasteiger partial charge in [-0.15, -0.1) is 0 Å². The number of thioether (sulfide) groups is 1. The van der Waals surface area contributed by atoms with E-state index >= 15 is 0 Å². The van der Waals surface area contributed by atoms with Crippen molar-refractivity contribution in [3.8, 4) is 11.8 Å². The minimum Gasteiger partial charge on any atom is -0.298 e. The van der Waals surface area contributed by atoms with Gasteiger partial charge in [0.1, 0.15) is 0 Å². The van der Waals surface area contributed by atoms with Crippen LogP contribution in [0.25, 0.3) is 0 Å². The molecule has 0 aliphatic carbocycles. The molecular weight excluding hydrogens is 241 g/mol. The molecule has 5 heteroatoms. The third-order valence-electron chi connectivity index (χ3n) is 1.76. The second-order valence-corrected chi connectivity index (χ2v) is 4.39. The molecule has 0 unspecified atom stereocenters. The number of hydrogen-bond donors (Lipinski definition) is 0. The van der Waals surface area contributed by atoms with Crippen molar-refractivity contribution in [1.82, 2.24) is 4.98 Å². The van der Waals surface area contributed by atoms with Crippen LogP contribution in [0.3, 0.4) is 0 Å². The molecule has 17 heavy (non-hydrogen) atoms. The van der Waals surface area contributed by atoms with Gasteiger partial charge < -0.3 is 0 Å². The first-order valence-electron chi connectivity index (χ1n) is 4.86.